The van der Waals surface area contributed by atoms with Crippen molar-refractivity contribution in [1.82, 2.24) is 9.37 Å². The van der Waals surface area contributed by atoms with Gasteiger partial charge in [-0.05, 0) is 31.6 Å². The molecule has 2 rings (SSSR count). The Morgan fingerprint density at radius 1 is 1.27 bits per heavy atom. The van der Waals surface area contributed by atoms with Crippen LogP contribution in [-0.2, 0) is 24.4 Å². The summed E-state index contributed by atoms with van der Waals surface area (Å²) in [6, 6.07) is 4.60. The van der Waals surface area contributed by atoms with Crippen LogP contribution in [0.3, 0.4) is 0 Å². The van der Waals surface area contributed by atoms with Crippen molar-refractivity contribution in [2.75, 3.05) is 40.5 Å². The first-order chi connectivity index (χ1) is 14.2. The van der Waals surface area contributed by atoms with Crippen molar-refractivity contribution in [3.05, 3.63) is 29.3 Å². The summed E-state index contributed by atoms with van der Waals surface area (Å²) >= 11 is 0. The van der Waals surface area contributed by atoms with Gasteiger partial charge >= 0.3 is 0 Å². The van der Waals surface area contributed by atoms with E-state index in [1.165, 1.54) is 35.7 Å². The highest BCUT2D eigenvalue weighted by Gasteiger charge is 2.24. The van der Waals surface area contributed by atoms with E-state index >= 15 is 0 Å². The minimum absolute atomic E-state index is 0.0986. The molecular weight excluding hydrogens is 408 g/mol. The van der Waals surface area contributed by atoms with Crippen molar-refractivity contribution in [1.29, 1.82) is 0 Å². The van der Waals surface area contributed by atoms with E-state index in [9.17, 15) is 13.2 Å². The molecule has 0 fully saturated rings. The largest absolute Gasteiger partial charge is 0.387 e. The third-order valence-corrected chi connectivity index (χ3v) is 6.35. The van der Waals surface area contributed by atoms with E-state index < -0.39 is 10.0 Å². The maximum absolute atomic E-state index is 12.9. The lowest BCUT2D eigenvalue weighted by Crippen LogP contribution is -2.34. The number of benzene rings is 1. The Bertz CT molecular complexity index is 921. The van der Waals surface area contributed by atoms with Gasteiger partial charge in [0.05, 0.1) is 23.8 Å². The molecule has 9 nitrogen and oxygen atoms in total. The number of ether oxygens (including phenoxy) is 1. The van der Waals surface area contributed by atoms with Crippen molar-refractivity contribution >= 4 is 33.5 Å². The quantitative estimate of drug-likeness (QED) is 0.558. The molecule has 166 valence electrons. The topological polar surface area (TPSA) is 115 Å². The van der Waals surface area contributed by atoms with Gasteiger partial charge in [-0.2, -0.15) is 4.31 Å². The molecule has 2 N–H and O–H groups in total. The minimum atomic E-state index is -3.70. The lowest BCUT2D eigenvalue weighted by atomic mass is 10.1. The van der Waals surface area contributed by atoms with Crippen LogP contribution in [0.4, 0.5) is 5.69 Å². The van der Waals surface area contributed by atoms with Gasteiger partial charge in [0.25, 0.3) is 5.91 Å². The van der Waals surface area contributed by atoms with Crippen LogP contribution in [0.2, 0.25) is 0 Å². The van der Waals surface area contributed by atoms with Gasteiger partial charge in [0, 0.05) is 44.8 Å². The van der Waals surface area contributed by atoms with Gasteiger partial charge in [0.2, 0.25) is 10.0 Å². The fourth-order valence-corrected chi connectivity index (χ4v) is 4.11. The molecule has 1 aliphatic rings. The molecule has 0 radical (unpaired) electrons. The zero-order valence-electron chi connectivity index (χ0n) is 17.9. The molecule has 0 unspecified atom stereocenters. The average Bonchev–Trinajstić information content (AvgIpc) is 2.88. The lowest BCUT2D eigenvalue weighted by molar-refractivity contribution is -0.180. The molecule has 1 aromatic carbocycles. The molecule has 10 heteroatoms. The highest BCUT2D eigenvalue weighted by atomic mass is 32.2. The van der Waals surface area contributed by atoms with E-state index in [2.05, 4.69) is 4.99 Å². The summed E-state index contributed by atoms with van der Waals surface area (Å²) in [4.78, 5) is 22.8. The highest BCUT2D eigenvalue weighted by molar-refractivity contribution is 7.89. The van der Waals surface area contributed by atoms with Crippen LogP contribution < -0.4 is 5.73 Å². The predicted octanol–water partition coefficient (Wildman–Crippen LogP) is 1.92. The molecule has 0 saturated heterocycles. The Morgan fingerprint density at radius 3 is 2.63 bits per heavy atom. The Hall–Kier alpha value is -2.27. The summed E-state index contributed by atoms with van der Waals surface area (Å²) in [5, 5.41) is 1.33. The van der Waals surface area contributed by atoms with E-state index in [4.69, 9.17) is 15.3 Å². The first kappa shape index (κ1) is 24.0. The summed E-state index contributed by atoms with van der Waals surface area (Å²) in [5.74, 6) is -0.0516. The number of amides is 1. The van der Waals surface area contributed by atoms with Gasteiger partial charge in [0.15, 0.2) is 0 Å². The van der Waals surface area contributed by atoms with Crippen molar-refractivity contribution < 1.29 is 22.8 Å². The van der Waals surface area contributed by atoms with Crippen LogP contribution >= 0.6 is 0 Å². The number of hydrogen-bond donors (Lipinski definition) is 1. The fourth-order valence-electron chi connectivity index (χ4n) is 2.93. The molecule has 0 aromatic heterocycles. The lowest BCUT2D eigenvalue weighted by Gasteiger charge is -2.21. The number of fused-ring (bicyclic) bond motifs is 1. The number of sulfonamides is 1. The summed E-state index contributed by atoms with van der Waals surface area (Å²) in [7, 11) is -0.702. The molecule has 0 atom stereocenters. The number of aliphatic imine (C=N–C) groups is 1. The number of rotatable bonds is 10. The van der Waals surface area contributed by atoms with Crippen molar-refractivity contribution in [3.63, 3.8) is 0 Å². The summed E-state index contributed by atoms with van der Waals surface area (Å²) < 4.78 is 31.8. The summed E-state index contributed by atoms with van der Waals surface area (Å²) in [6.07, 6.45) is 2.58. The summed E-state index contributed by atoms with van der Waals surface area (Å²) in [5.41, 5.74) is 7.48. The molecule has 1 heterocycles. The minimum Gasteiger partial charge on any atom is -0.387 e. The molecule has 1 aromatic rings. The molecule has 0 saturated carbocycles. The van der Waals surface area contributed by atoms with Crippen molar-refractivity contribution in [3.8, 4) is 0 Å². The van der Waals surface area contributed by atoms with Gasteiger partial charge in [-0.3, -0.25) is 9.63 Å². The number of likely N-dealkylation sites (N-methyl/N-ethyl adjacent to an activating group) is 1. The summed E-state index contributed by atoms with van der Waals surface area (Å²) in [6.45, 7) is 5.11. The zero-order chi connectivity index (χ0) is 22.3. The van der Waals surface area contributed by atoms with E-state index in [1.807, 2.05) is 13.8 Å². The number of nitrogens with two attached hydrogens (primary N) is 1. The first-order valence-electron chi connectivity index (χ1n) is 9.82. The molecular formula is C20H30N4O5S. The van der Waals surface area contributed by atoms with Crippen LogP contribution in [0, 0.1) is 0 Å². The fraction of sp³-hybridized carbons (Fsp3) is 0.500. The van der Waals surface area contributed by atoms with E-state index in [0.29, 0.717) is 30.0 Å². The van der Waals surface area contributed by atoms with E-state index in [1.54, 1.807) is 12.1 Å². The third-order valence-electron chi connectivity index (χ3n) is 4.50. The van der Waals surface area contributed by atoms with Gasteiger partial charge < -0.3 is 10.5 Å². The van der Waals surface area contributed by atoms with Crippen LogP contribution in [0.25, 0.3) is 6.08 Å². The molecule has 0 spiro atoms. The SMILES string of the molecule is CCCN(OCC)C(=O)C1=Cc2ccc(S(=O)(=O)N(C)CCOC)cc2N=C(N)C1. The van der Waals surface area contributed by atoms with Gasteiger partial charge in [-0.25, -0.2) is 18.5 Å². The van der Waals surface area contributed by atoms with Gasteiger partial charge in [0.1, 0.15) is 5.84 Å². The normalized spacial score (nSPS) is 14.0. The van der Waals surface area contributed by atoms with Gasteiger partial charge in [-0.1, -0.05) is 13.0 Å². The van der Waals surface area contributed by atoms with Crippen LogP contribution in [-0.4, -0.2) is 70.0 Å². The van der Waals surface area contributed by atoms with Crippen LogP contribution in [0.5, 0.6) is 0 Å². The number of carbonyl (C=O) groups excluding carboxylic acids is 1. The second-order valence-corrected chi connectivity index (χ2v) is 8.86. The number of hydrogen-bond acceptors (Lipinski definition) is 7. The standard InChI is InChI=1S/C20H30N4O5S/c1-5-9-24(29-6-2)20(25)16-12-15-7-8-17(14-18(15)22-19(21)13-16)30(26,27)23(3)10-11-28-4/h7-8,12,14H,5-6,9-11,13H2,1-4H3,(H2,21,22). The second kappa shape index (κ2) is 10.7. The maximum atomic E-state index is 12.9. The molecule has 0 aliphatic carbocycles. The monoisotopic (exact) mass is 438 g/mol. The highest BCUT2D eigenvalue weighted by Crippen LogP contribution is 2.30. The molecule has 1 aliphatic heterocycles. The number of amidine groups is 1. The van der Waals surface area contributed by atoms with Gasteiger partial charge in [-0.15, -0.1) is 0 Å². The van der Waals surface area contributed by atoms with E-state index in [-0.39, 0.29) is 36.2 Å². The number of methoxy groups -OCH3 is 1. The predicted molar refractivity (Wildman–Crippen MR) is 116 cm³/mol. The Morgan fingerprint density at radius 2 is 2.00 bits per heavy atom. The average molecular weight is 439 g/mol. The van der Waals surface area contributed by atoms with Crippen molar-refractivity contribution in [2.45, 2.75) is 31.6 Å². The van der Waals surface area contributed by atoms with Crippen LogP contribution in [0.15, 0.2) is 33.7 Å². The molecule has 30 heavy (non-hydrogen) atoms. The molecule has 0 bridgehead atoms. The third kappa shape index (κ3) is 5.66. The second-order valence-electron chi connectivity index (χ2n) is 6.81. The Labute approximate surface area is 178 Å². The number of hydroxylamine groups is 2. The first-order valence-corrected chi connectivity index (χ1v) is 11.3. The Balaban J connectivity index is 2.40. The molecule has 1 amide bonds. The van der Waals surface area contributed by atoms with Crippen molar-refractivity contribution in [2.24, 2.45) is 10.7 Å². The maximum Gasteiger partial charge on any atom is 0.273 e. The zero-order valence-corrected chi connectivity index (χ0v) is 18.7. The Kier molecular flexibility index (Phi) is 8.54. The van der Waals surface area contributed by atoms with Crippen LogP contribution in [0.1, 0.15) is 32.3 Å². The smallest absolute Gasteiger partial charge is 0.273 e. The van der Waals surface area contributed by atoms with E-state index in [0.717, 1.165) is 6.42 Å². The number of nitrogens with zero attached hydrogens (tertiary/aromatic N) is 3. The number of carbonyl (C=O) groups is 1.